The highest BCUT2D eigenvalue weighted by molar-refractivity contribution is 6.01. The Kier molecular flexibility index (Phi) is 1.16. The number of nitrogens with zero attached hydrogens (tertiary/aromatic N) is 2. The average Bonchev–Trinajstić information content (AvgIpc) is 2.56. The highest BCUT2D eigenvalue weighted by Gasteiger charge is 2.05. The second-order valence-corrected chi connectivity index (χ2v) is 2.75. The van der Waals surface area contributed by atoms with Crippen LogP contribution in [0.1, 0.15) is 0 Å². The summed E-state index contributed by atoms with van der Waals surface area (Å²) in [5.74, 6) is 0. The molecule has 2 aromatic heterocycles. The zero-order valence-corrected chi connectivity index (χ0v) is 6.69. The van der Waals surface area contributed by atoms with E-state index in [0.717, 1.165) is 16.5 Å². The number of benzene rings is 1. The fourth-order valence-electron chi connectivity index (χ4n) is 1.39. The summed E-state index contributed by atoms with van der Waals surface area (Å²) in [4.78, 5) is 8.02. The van der Waals surface area contributed by atoms with Gasteiger partial charge in [-0.15, -0.1) is 0 Å². The van der Waals surface area contributed by atoms with Gasteiger partial charge in [0.2, 0.25) is 0 Å². The number of hydrogen-bond donors (Lipinski definition) is 0. The molecule has 0 saturated heterocycles. The molecule has 0 aliphatic carbocycles. The van der Waals surface area contributed by atoms with E-state index in [9.17, 15) is 0 Å². The molecule has 0 aliphatic rings. The van der Waals surface area contributed by atoms with Crippen molar-refractivity contribution in [1.82, 2.24) is 9.97 Å². The van der Waals surface area contributed by atoms with Gasteiger partial charge in [-0.25, -0.2) is 9.97 Å². The van der Waals surface area contributed by atoms with E-state index in [2.05, 4.69) is 16.0 Å². The van der Waals surface area contributed by atoms with E-state index in [4.69, 9.17) is 4.42 Å². The first-order valence-corrected chi connectivity index (χ1v) is 3.94. The molecule has 0 bridgehead atoms. The zero-order chi connectivity index (χ0) is 8.67. The van der Waals surface area contributed by atoms with Gasteiger partial charge in [0.15, 0.2) is 5.58 Å². The second-order valence-electron chi connectivity index (χ2n) is 2.75. The SMILES string of the molecule is [c]1cccc2oc3cncnc3c12. The lowest BCUT2D eigenvalue weighted by molar-refractivity contribution is 0.665. The van der Waals surface area contributed by atoms with E-state index in [1.54, 1.807) is 6.20 Å². The van der Waals surface area contributed by atoms with Crippen LogP contribution in [-0.4, -0.2) is 9.97 Å². The van der Waals surface area contributed by atoms with Crippen molar-refractivity contribution in [3.63, 3.8) is 0 Å². The largest absolute Gasteiger partial charge is 0.453 e. The monoisotopic (exact) mass is 169 g/mol. The van der Waals surface area contributed by atoms with Crippen LogP contribution in [0, 0.1) is 6.07 Å². The third-order valence-corrected chi connectivity index (χ3v) is 1.95. The van der Waals surface area contributed by atoms with E-state index < -0.39 is 0 Å². The van der Waals surface area contributed by atoms with Crippen LogP contribution >= 0.6 is 0 Å². The second kappa shape index (κ2) is 2.29. The molecular formula is C10H5N2O. The first kappa shape index (κ1) is 6.60. The third-order valence-electron chi connectivity index (χ3n) is 1.95. The molecule has 0 amide bonds. The highest BCUT2D eigenvalue weighted by atomic mass is 16.3. The number of hydrogen-bond acceptors (Lipinski definition) is 3. The van der Waals surface area contributed by atoms with Crippen LogP contribution in [0.15, 0.2) is 35.1 Å². The molecule has 0 atom stereocenters. The van der Waals surface area contributed by atoms with Crippen LogP contribution < -0.4 is 0 Å². The molecule has 3 nitrogen and oxygen atoms in total. The van der Waals surface area contributed by atoms with Gasteiger partial charge in [-0.3, -0.25) is 0 Å². The molecule has 61 valence electrons. The molecule has 0 N–H and O–H groups in total. The van der Waals surface area contributed by atoms with Crippen molar-refractivity contribution in [1.29, 1.82) is 0 Å². The van der Waals surface area contributed by atoms with E-state index in [0.29, 0.717) is 5.58 Å². The van der Waals surface area contributed by atoms with Crippen molar-refractivity contribution in [2.24, 2.45) is 0 Å². The van der Waals surface area contributed by atoms with Gasteiger partial charge in [0.1, 0.15) is 17.4 Å². The van der Waals surface area contributed by atoms with Crippen molar-refractivity contribution in [3.05, 3.63) is 36.8 Å². The molecule has 1 radical (unpaired) electrons. The topological polar surface area (TPSA) is 38.9 Å². The van der Waals surface area contributed by atoms with Crippen molar-refractivity contribution in [3.8, 4) is 0 Å². The Bertz CT molecular complexity index is 521. The number of furan rings is 1. The molecule has 3 heteroatoms. The van der Waals surface area contributed by atoms with Crippen LogP contribution in [0.25, 0.3) is 22.1 Å². The van der Waals surface area contributed by atoms with E-state index >= 15 is 0 Å². The molecular weight excluding hydrogens is 164 g/mol. The Morgan fingerprint density at radius 1 is 1.31 bits per heavy atom. The number of fused-ring (bicyclic) bond motifs is 3. The molecule has 13 heavy (non-hydrogen) atoms. The summed E-state index contributed by atoms with van der Waals surface area (Å²) < 4.78 is 5.50. The Morgan fingerprint density at radius 3 is 3.31 bits per heavy atom. The summed E-state index contributed by atoms with van der Waals surface area (Å²) in [7, 11) is 0. The van der Waals surface area contributed by atoms with Gasteiger partial charge < -0.3 is 4.42 Å². The molecule has 3 aromatic rings. The summed E-state index contributed by atoms with van der Waals surface area (Å²) in [6, 6.07) is 8.72. The molecule has 3 rings (SSSR count). The zero-order valence-electron chi connectivity index (χ0n) is 6.69. The summed E-state index contributed by atoms with van der Waals surface area (Å²) >= 11 is 0. The predicted molar refractivity (Wildman–Crippen MR) is 48.1 cm³/mol. The van der Waals surface area contributed by atoms with Crippen LogP contribution in [0.2, 0.25) is 0 Å². The standard InChI is InChI=1S/C10H5N2O/c1-2-4-8-7(3-1)10-9(13-8)5-11-6-12-10/h1-2,4-6H. The first-order valence-electron chi connectivity index (χ1n) is 3.94. The Hall–Kier alpha value is -1.90. The lowest BCUT2D eigenvalue weighted by atomic mass is 10.2. The van der Waals surface area contributed by atoms with Gasteiger partial charge in [-0.05, 0) is 12.1 Å². The molecule has 1 aromatic carbocycles. The van der Waals surface area contributed by atoms with Gasteiger partial charge in [0.25, 0.3) is 0 Å². The van der Waals surface area contributed by atoms with Crippen molar-refractivity contribution in [2.45, 2.75) is 0 Å². The van der Waals surface area contributed by atoms with Gasteiger partial charge in [0.05, 0.1) is 11.6 Å². The fraction of sp³-hybridized carbons (Fsp3) is 0. The smallest absolute Gasteiger partial charge is 0.172 e. The summed E-state index contributed by atoms with van der Waals surface area (Å²) in [6.07, 6.45) is 3.17. The third kappa shape index (κ3) is 0.839. The maximum absolute atomic E-state index is 5.50. The lowest BCUT2D eigenvalue weighted by Gasteiger charge is -1.83. The van der Waals surface area contributed by atoms with Crippen molar-refractivity contribution < 1.29 is 4.42 Å². The molecule has 0 spiro atoms. The first-order chi connectivity index (χ1) is 6.45. The molecule has 0 saturated carbocycles. The highest BCUT2D eigenvalue weighted by Crippen LogP contribution is 2.24. The predicted octanol–water partition coefficient (Wildman–Crippen LogP) is 2.18. The van der Waals surface area contributed by atoms with Crippen LogP contribution in [0.4, 0.5) is 0 Å². The van der Waals surface area contributed by atoms with Crippen LogP contribution in [0.3, 0.4) is 0 Å². The van der Waals surface area contributed by atoms with Gasteiger partial charge in [-0.2, -0.15) is 0 Å². The summed E-state index contributed by atoms with van der Waals surface area (Å²) in [6.45, 7) is 0. The van der Waals surface area contributed by atoms with Crippen molar-refractivity contribution >= 4 is 22.1 Å². The minimum atomic E-state index is 0.708. The van der Waals surface area contributed by atoms with Crippen LogP contribution in [-0.2, 0) is 0 Å². The Labute approximate surface area is 74.0 Å². The average molecular weight is 169 g/mol. The van der Waals surface area contributed by atoms with Crippen molar-refractivity contribution in [2.75, 3.05) is 0 Å². The van der Waals surface area contributed by atoms with E-state index in [-0.39, 0.29) is 0 Å². The van der Waals surface area contributed by atoms with E-state index in [1.807, 2.05) is 18.2 Å². The quantitative estimate of drug-likeness (QED) is 0.517. The molecule has 0 unspecified atom stereocenters. The molecule has 0 aliphatic heterocycles. The van der Waals surface area contributed by atoms with Gasteiger partial charge >= 0.3 is 0 Å². The minimum Gasteiger partial charge on any atom is -0.453 e. The van der Waals surface area contributed by atoms with Gasteiger partial charge in [-0.1, -0.05) is 12.1 Å². The summed E-state index contributed by atoms with van der Waals surface area (Å²) in [5.41, 5.74) is 2.34. The maximum Gasteiger partial charge on any atom is 0.172 e. The van der Waals surface area contributed by atoms with E-state index in [1.165, 1.54) is 6.33 Å². The Morgan fingerprint density at radius 2 is 2.31 bits per heavy atom. The maximum atomic E-state index is 5.50. The summed E-state index contributed by atoms with van der Waals surface area (Å²) in [5, 5.41) is 0.917. The number of aromatic nitrogens is 2. The lowest BCUT2D eigenvalue weighted by Crippen LogP contribution is -1.74. The normalized spacial score (nSPS) is 11.1. The molecule has 2 heterocycles. The minimum absolute atomic E-state index is 0.708. The van der Waals surface area contributed by atoms with Gasteiger partial charge in [0, 0.05) is 0 Å². The number of rotatable bonds is 0. The van der Waals surface area contributed by atoms with Crippen LogP contribution in [0.5, 0.6) is 0 Å². The molecule has 0 fully saturated rings. The Balaban J connectivity index is 2.64. The fourth-order valence-corrected chi connectivity index (χ4v) is 1.39.